The molecule has 0 saturated heterocycles. The van der Waals surface area contributed by atoms with Gasteiger partial charge in [-0.2, -0.15) is 0 Å². The Balaban J connectivity index is 4.90. The van der Waals surface area contributed by atoms with Gasteiger partial charge in [-0.25, -0.2) is 8.78 Å². The summed E-state index contributed by atoms with van der Waals surface area (Å²) in [7, 11) is 0. The van der Waals surface area contributed by atoms with E-state index in [1.165, 1.54) is 12.2 Å². The predicted octanol–water partition coefficient (Wildman–Crippen LogP) is 2.84. The van der Waals surface area contributed by atoms with E-state index in [0.29, 0.717) is 0 Å². The van der Waals surface area contributed by atoms with Crippen LogP contribution in [-0.2, 0) is 4.79 Å². The van der Waals surface area contributed by atoms with Crippen LogP contribution in [0.25, 0.3) is 0 Å². The lowest BCUT2D eigenvalue weighted by molar-refractivity contribution is -0.104. The van der Waals surface area contributed by atoms with Crippen LogP contribution in [0.1, 0.15) is 0 Å². The van der Waals surface area contributed by atoms with Crippen molar-refractivity contribution in [1.82, 2.24) is 0 Å². The van der Waals surface area contributed by atoms with E-state index in [1.807, 2.05) is 0 Å². The van der Waals surface area contributed by atoms with E-state index in [0.717, 1.165) is 0 Å². The first-order valence-electron chi connectivity index (χ1n) is 3.05. The topological polar surface area (TPSA) is 17.1 Å². The SMILES string of the molecule is C=C/C=C(Br)\C(C=O)=C(/F)CF. The van der Waals surface area contributed by atoms with Gasteiger partial charge in [-0.15, -0.1) is 0 Å². The molecule has 0 amide bonds. The summed E-state index contributed by atoms with van der Waals surface area (Å²) < 4.78 is 24.5. The highest BCUT2D eigenvalue weighted by molar-refractivity contribution is 9.12. The lowest BCUT2D eigenvalue weighted by Crippen LogP contribution is -1.91. The maximum atomic E-state index is 12.5. The molecule has 0 saturated carbocycles. The number of rotatable bonds is 4. The molecule has 0 aliphatic heterocycles. The third-order valence-electron chi connectivity index (χ3n) is 1.05. The Hall–Kier alpha value is -0.770. The summed E-state index contributed by atoms with van der Waals surface area (Å²) in [4.78, 5) is 10.3. The summed E-state index contributed by atoms with van der Waals surface area (Å²) >= 11 is 2.90. The van der Waals surface area contributed by atoms with Crippen LogP contribution in [-0.4, -0.2) is 13.0 Å². The molecule has 1 nitrogen and oxygen atoms in total. The molecule has 0 aliphatic rings. The molecule has 0 heterocycles. The van der Waals surface area contributed by atoms with Gasteiger partial charge in [0.1, 0.15) is 12.5 Å². The average Bonchev–Trinajstić information content (AvgIpc) is 2.06. The second-order valence-electron chi connectivity index (χ2n) is 1.82. The number of halogens is 3. The minimum absolute atomic E-state index is 0.183. The standard InChI is InChI=1S/C8H7BrF2O/c1-2-3-7(9)6(5-12)8(11)4-10/h2-3,5H,1,4H2/b7-3+,8-6-. The third-order valence-corrected chi connectivity index (χ3v) is 1.74. The van der Waals surface area contributed by atoms with Gasteiger partial charge in [0.25, 0.3) is 0 Å². The molecular weight excluding hydrogens is 230 g/mol. The molecular formula is C8H7BrF2O. The quantitative estimate of drug-likeness (QED) is 0.417. The van der Waals surface area contributed by atoms with Crippen molar-refractivity contribution >= 4 is 22.2 Å². The summed E-state index contributed by atoms with van der Waals surface area (Å²) in [5.74, 6) is -1.09. The van der Waals surface area contributed by atoms with Crippen molar-refractivity contribution in [3.05, 3.63) is 34.6 Å². The Labute approximate surface area is 77.6 Å². The van der Waals surface area contributed by atoms with Gasteiger partial charge in [-0.05, 0) is 22.0 Å². The third kappa shape index (κ3) is 3.09. The van der Waals surface area contributed by atoms with E-state index >= 15 is 0 Å². The molecule has 0 bridgehead atoms. The van der Waals surface area contributed by atoms with Crippen molar-refractivity contribution in [3.63, 3.8) is 0 Å². The Kier molecular flexibility index (Phi) is 5.45. The van der Waals surface area contributed by atoms with E-state index in [-0.39, 0.29) is 16.3 Å². The number of hydrogen-bond donors (Lipinski definition) is 0. The Morgan fingerprint density at radius 1 is 1.58 bits per heavy atom. The molecule has 0 aliphatic carbocycles. The van der Waals surface area contributed by atoms with Gasteiger partial charge >= 0.3 is 0 Å². The predicted molar refractivity (Wildman–Crippen MR) is 47.4 cm³/mol. The van der Waals surface area contributed by atoms with Gasteiger partial charge in [-0.3, -0.25) is 4.79 Å². The molecule has 0 atom stereocenters. The number of carbonyl (C=O) groups excluding carboxylic acids is 1. The fourth-order valence-electron chi connectivity index (χ4n) is 0.515. The van der Waals surface area contributed by atoms with Crippen molar-refractivity contribution in [1.29, 1.82) is 0 Å². The zero-order valence-electron chi connectivity index (χ0n) is 6.19. The number of hydrogen-bond acceptors (Lipinski definition) is 1. The molecule has 0 rings (SSSR count). The highest BCUT2D eigenvalue weighted by Gasteiger charge is 2.07. The average molecular weight is 237 g/mol. The van der Waals surface area contributed by atoms with Crippen molar-refractivity contribution in [2.75, 3.05) is 6.67 Å². The smallest absolute Gasteiger partial charge is 0.153 e. The van der Waals surface area contributed by atoms with Gasteiger partial charge in [0.2, 0.25) is 0 Å². The molecule has 66 valence electrons. The molecule has 0 unspecified atom stereocenters. The van der Waals surface area contributed by atoms with E-state index in [2.05, 4.69) is 22.5 Å². The molecule has 0 radical (unpaired) electrons. The summed E-state index contributed by atoms with van der Waals surface area (Å²) in [5, 5.41) is 0. The molecule has 0 fully saturated rings. The first-order valence-corrected chi connectivity index (χ1v) is 3.85. The molecule has 12 heavy (non-hydrogen) atoms. The highest BCUT2D eigenvalue weighted by Crippen LogP contribution is 2.20. The first kappa shape index (κ1) is 11.2. The fraction of sp³-hybridized carbons (Fsp3) is 0.125. The second-order valence-corrected chi connectivity index (χ2v) is 2.67. The van der Waals surface area contributed by atoms with Crippen LogP contribution in [0, 0.1) is 0 Å². The van der Waals surface area contributed by atoms with E-state index < -0.39 is 12.5 Å². The Morgan fingerprint density at radius 3 is 2.50 bits per heavy atom. The van der Waals surface area contributed by atoms with E-state index in [4.69, 9.17) is 0 Å². The van der Waals surface area contributed by atoms with Crippen LogP contribution >= 0.6 is 15.9 Å². The second kappa shape index (κ2) is 5.83. The molecule has 0 aromatic carbocycles. The number of alkyl halides is 1. The van der Waals surface area contributed by atoms with Crippen LogP contribution in [0.2, 0.25) is 0 Å². The van der Waals surface area contributed by atoms with Gasteiger partial charge < -0.3 is 0 Å². The van der Waals surface area contributed by atoms with E-state index in [1.54, 1.807) is 0 Å². The summed E-state index contributed by atoms with van der Waals surface area (Å²) in [6, 6.07) is 0. The molecule has 0 aromatic heterocycles. The molecule has 4 heteroatoms. The zero-order valence-corrected chi connectivity index (χ0v) is 7.77. The molecule has 0 N–H and O–H groups in total. The Bertz CT molecular complexity index is 243. The van der Waals surface area contributed by atoms with Crippen LogP contribution in [0.3, 0.4) is 0 Å². The van der Waals surface area contributed by atoms with Crippen LogP contribution in [0.4, 0.5) is 8.78 Å². The number of aldehydes is 1. The lowest BCUT2D eigenvalue weighted by Gasteiger charge is -1.97. The fourth-order valence-corrected chi connectivity index (χ4v) is 1.01. The summed E-state index contributed by atoms with van der Waals surface area (Å²) in [6.07, 6.45) is 2.97. The lowest BCUT2D eigenvalue weighted by atomic mass is 10.2. The normalized spacial score (nSPS) is 13.8. The van der Waals surface area contributed by atoms with Gasteiger partial charge in [0, 0.05) is 4.48 Å². The van der Waals surface area contributed by atoms with Crippen molar-refractivity contribution < 1.29 is 13.6 Å². The molecule has 0 aromatic rings. The largest absolute Gasteiger partial charge is 0.298 e. The minimum atomic E-state index is -1.28. The molecule has 0 spiro atoms. The Morgan fingerprint density at radius 2 is 2.17 bits per heavy atom. The maximum Gasteiger partial charge on any atom is 0.153 e. The van der Waals surface area contributed by atoms with Gasteiger partial charge in [0.05, 0.1) is 5.57 Å². The highest BCUT2D eigenvalue weighted by atomic mass is 79.9. The maximum absolute atomic E-state index is 12.5. The van der Waals surface area contributed by atoms with Gasteiger partial charge in [0.15, 0.2) is 6.29 Å². The minimum Gasteiger partial charge on any atom is -0.298 e. The van der Waals surface area contributed by atoms with Crippen molar-refractivity contribution in [2.45, 2.75) is 0 Å². The summed E-state index contributed by atoms with van der Waals surface area (Å²) in [6.45, 7) is 2.06. The van der Waals surface area contributed by atoms with Gasteiger partial charge in [-0.1, -0.05) is 12.7 Å². The van der Waals surface area contributed by atoms with Crippen LogP contribution in [0.15, 0.2) is 34.6 Å². The monoisotopic (exact) mass is 236 g/mol. The van der Waals surface area contributed by atoms with E-state index in [9.17, 15) is 13.6 Å². The first-order chi connectivity index (χ1) is 5.67. The van der Waals surface area contributed by atoms with Crippen molar-refractivity contribution in [3.8, 4) is 0 Å². The number of allylic oxidation sites excluding steroid dienone is 5. The van der Waals surface area contributed by atoms with Crippen LogP contribution < -0.4 is 0 Å². The number of carbonyl (C=O) groups is 1. The zero-order chi connectivity index (χ0) is 9.56. The van der Waals surface area contributed by atoms with Crippen molar-refractivity contribution in [2.24, 2.45) is 0 Å². The summed E-state index contributed by atoms with van der Waals surface area (Å²) in [5.41, 5.74) is -0.322. The van der Waals surface area contributed by atoms with Crippen LogP contribution in [0.5, 0.6) is 0 Å².